The topological polar surface area (TPSA) is 92.5 Å². The average Bonchev–Trinajstić information content (AvgIpc) is 2.41. The Kier molecular flexibility index (Phi) is 3.84. The predicted octanol–water partition coefficient (Wildman–Crippen LogP) is 3.00. The highest BCUT2D eigenvalue weighted by atomic mass is 19.1. The van der Waals surface area contributed by atoms with Gasteiger partial charge in [0.15, 0.2) is 0 Å². The Balaban J connectivity index is 2.33. The van der Waals surface area contributed by atoms with Crippen LogP contribution in [0.5, 0.6) is 5.75 Å². The molecule has 0 aliphatic heterocycles. The van der Waals surface area contributed by atoms with Crippen LogP contribution in [0.15, 0.2) is 36.4 Å². The van der Waals surface area contributed by atoms with Crippen LogP contribution in [0.2, 0.25) is 0 Å². The van der Waals surface area contributed by atoms with Crippen LogP contribution >= 0.6 is 0 Å². The number of hydrogen-bond acceptors (Lipinski definition) is 4. The Morgan fingerprint density at radius 2 is 2.05 bits per heavy atom. The number of nitro groups is 1. The van der Waals surface area contributed by atoms with Gasteiger partial charge in [-0.25, -0.2) is 4.39 Å². The largest absolute Gasteiger partial charge is 0.508 e. The fourth-order valence-electron chi connectivity index (χ4n) is 1.86. The molecule has 6 nitrogen and oxygen atoms in total. The zero-order valence-corrected chi connectivity index (χ0v) is 11.0. The standard InChI is InChI=1S/C14H11FN2O4/c1-8-10(3-2-4-13(8)17(20)21)14(19)16-12-6-5-9(18)7-11(12)15/h2-7,18H,1H3,(H,16,19). The number of phenolic OH excluding ortho intramolecular Hbond substituents is 1. The molecule has 0 spiro atoms. The van der Waals surface area contributed by atoms with E-state index in [9.17, 15) is 19.3 Å². The van der Waals surface area contributed by atoms with Crippen LogP contribution in [0.4, 0.5) is 15.8 Å². The molecule has 108 valence electrons. The molecule has 7 heteroatoms. The first-order valence-electron chi connectivity index (χ1n) is 5.94. The minimum atomic E-state index is -0.800. The highest BCUT2D eigenvalue weighted by molar-refractivity contribution is 6.05. The number of phenols is 1. The second-order valence-corrected chi connectivity index (χ2v) is 4.33. The first kappa shape index (κ1) is 14.4. The lowest BCUT2D eigenvalue weighted by Crippen LogP contribution is -2.15. The van der Waals surface area contributed by atoms with Crippen molar-refractivity contribution in [1.82, 2.24) is 0 Å². The lowest BCUT2D eigenvalue weighted by Gasteiger charge is -2.09. The lowest BCUT2D eigenvalue weighted by atomic mass is 10.1. The molecule has 0 heterocycles. The predicted molar refractivity (Wildman–Crippen MR) is 73.9 cm³/mol. The number of nitro benzene ring substituents is 1. The summed E-state index contributed by atoms with van der Waals surface area (Å²) in [5.41, 5.74) is -0.0339. The van der Waals surface area contributed by atoms with Gasteiger partial charge in [-0.05, 0) is 25.1 Å². The van der Waals surface area contributed by atoms with Gasteiger partial charge in [-0.1, -0.05) is 6.07 Å². The maximum Gasteiger partial charge on any atom is 0.273 e. The lowest BCUT2D eigenvalue weighted by molar-refractivity contribution is -0.385. The van der Waals surface area contributed by atoms with Crippen LogP contribution in [0.25, 0.3) is 0 Å². The summed E-state index contributed by atoms with van der Waals surface area (Å²) in [5, 5.41) is 22.2. The number of carbonyl (C=O) groups excluding carboxylic acids is 1. The van der Waals surface area contributed by atoms with E-state index in [0.29, 0.717) is 0 Å². The number of aromatic hydroxyl groups is 1. The summed E-state index contributed by atoms with van der Waals surface area (Å²) < 4.78 is 13.6. The van der Waals surface area contributed by atoms with Crippen molar-refractivity contribution in [2.24, 2.45) is 0 Å². The molecule has 2 N–H and O–H groups in total. The maximum absolute atomic E-state index is 13.6. The van der Waals surface area contributed by atoms with Crippen LogP contribution < -0.4 is 5.32 Å². The van der Waals surface area contributed by atoms with Gasteiger partial charge >= 0.3 is 0 Å². The Hall–Kier alpha value is -2.96. The van der Waals surface area contributed by atoms with E-state index in [4.69, 9.17) is 5.11 Å². The van der Waals surface area contributed by atoms with E-state index in [-0.39, 0.29) is 28.3 Å². The fourth-order valence-corrected chi connectivity index (χ4v) is 1.86. The molecular weight excluding hydrogens is 279 g/mol. The zero-order chi connectivity index (χ0) is 15.6. The van der Waals surface area contributed by atoms with E-state index < -0.39 is 16.6 Å². The van der Waals surface area contributed by atoms with Crippen molar-refractivity contribution in [2.75, 3.05) is 5.32 Å². The van der Waals surface area contributed by atoms with E-state index in [2.05, 4.69) is 5.32 Å². The third kappa shape index (κ3) is 2.97. The quantitative estimate of drug-likeness (QED) is 0.516. The van der Waals surface area contributed by atoms with Crippen molar-refractivity contribution in [3.63, 3.8) is 0 Å². The van der Waals surface area contributed by atoms with Crippen molar-refractivity contribution in [3.8, 4) is 5.75 Å². The van der Waals surface area contributed by atoms with Gasteiger partial charge < -0.3 is 10.4 Å². The molecule has 0 aliphatic carbocycles. The smallest absolute Gasteiger partial charge is 0.273 e. The number of hydrogen-bond donors (Lipinski definition) is 2. The average molecular weight is 290 g/mol. The second-order valence-electron chi connectivity index (χ2n) is 4.33. The SMILES string of the molecule is Cc1c(C(=O)Nc2ccc(O)cc2F)cccc1[N+](=O)[O-]. The number of halogens is 1. The first-order chi connectivity index (χ1) is 9.90. The number of nitrogens with zero attached hydrogens (tertiary/aromatic N) is 1. The van der Waals surface area contributed by atoms with E-state index in [0.717, 1.165) is 6.07 Å². The van der Waals surface area contributed by atoms with Gasteiger partial charge in [-0.2, -0.15) is 0 Å². The van der Waals surface area contributed by atoms with Crippen LogP contribution in [0.1, 0.15) is 15.9 Å². The van der Waals surface area contributed by atoms with Crippen molar-refractivity contribution < 1.29 is 19.2 Å². The van der Waals surface area contributed by atoms with E-state index in [1.54, 1.807) is 0 Å². The van der Waals surface area contributed by atoms with Crippen molar-refractivity contribution in [2.45, 2.75) is 6.92 Å². The summed E-state index contributed by atoms with van der Waals surface area (Å²) in [6, 6.07) is 7.36. The van der Waals surface area contributed by atoms with E-state index >= 15 is 0 Å². The fraction of sp³-hybridized carbons (Fsp3) is 0.0714. The van der Waals surface area contributed by atoms with E-state index in [1.807, 2.05) is 0 Å². The van der Waals surface area contributed by atoms with Crippen molar-refractivity contribution in [3.05, 3.63) is 63.5 Å². The highest BCUT2D eigenvalue weighted by Gasteiger charge is 2.18. The van der Waals surface area contributed by atoms with Gasteiger partial charge in [0.25, 0.3) is 11.6 Å². The molecule has 0 bridgehead atoms. The van der Waals surface area contributed by atoms with E-state index in [1.165, 1.54) is 37.3 Å². The van der Waals surface area contributed by atoms with Crippen molar-refractivity contribution >= 4 is 17.3 Å². The van der Waals surface area contributed by atoms with Gasteiger partial charge in [0.05, 0.1) is 10.6 Å². The summed E-state index contributed by atoms with van der Waals surface area (Å²) in [6.07, 6.45) is 0. The second kappa shape index (κ2) is 5.58. The molecule has 0 radical (unpaired) electrons. The minimum absolute atomic E-state index is 0.0803. The third-order valence-electron chi connectivity index (χ3n) is 2.95. The van der Waals surface area contributed by atoms with Crippen LogP contribution in [-0.4, -0.2) is 15.9 Å². The Morgan fingerprint density at radius 1 is 1.33 bits per heavy atom. The molecule has 0 saturated heterocycles. The maximum atomic E-state index is 13.6. The minimum Gasteiger partial charge on any atom is -0.508 e. The number of carbonyl (C=O) groups is 1. The molecule has 0 fully saturated rings. The molecule has 0 aromatic heterocycles. The number of rotatable bonds is 3. The molecular formula is C14H11FN2O4. The monoisotopic (exact) mass is 290 g/mol. The molecule has 2 aromatic carbocycles. The van der Waals surface area contributed by atoms with Gasteiger partial charge in [-0.15, -0.1) is 0 Å². The van der Waals surface area contributed by atoms with Crippen LogP contribution in [0.3, 0.4) is 0 Å². The molecule has 2 aromatic rings. The number of benzene rings is 2. The van der Waals surface area contributed by atoms with Crippen LogP contribution in [0, 0.1) is 22.9 Å². The van der Waals surface area contributed by atoms with Gasteiger partial charge in [0, 0.05) is 23.3 Å². The summed E-state index contributed by atoms with van der Waals surface area (Å²) in [6.45, 7) is 1.44. The van der Waals surface area contributed by atoms with Gasteiger partial charge in [0.2, 0.25) is 0 Å². The number of anilines is 1. The molecule has 0 atom stereocenters. The highest BCUT2D eigenvalue weighted by Crippen LogP contribution is 2.24. The number of amides is 1. The third-order valence-corrected chi connectivity index (χ3v) is 2.95. The number of nitrogens with one attached hydrogen (secondary N) is 1. The van der Waals surface area contributed by atoms with Crippen molar-refractivity contribution in [1.29, 1.82) is 0 Å². The Labute approximate surface area is 119 Å². The summed E-state index contributed by atoms with van der Waals surface area (Å²) in [7, 11) is 0. The molecule has 0 aliphatic rings. The molecule has 2 rings (SSSR count). The van der Waals surface area contributed by atoms with Gasteiger partial charge in [-0.3, -0.25) is 14.9 Å². The normalized spacial score (nSPS) is 10.2. The van der Waals surface area contributed by atoms with Crippen LogP contribution in [-0.2, 0) is 0 Å². The Morgan fingerprint density at radius 3 is 2.67 bits per heavy atom. The summed E-state index contributed by atoms with van der Waals surface area (Å²) >= 11 is 0. The first-order valence-corrected chi connectivity index (χ1v) is 5.94. The Bertz CT molecular complexity index is 731. The van der Waals surface area contributed by atoms with Gasteiger partial charge in [0.1, 0.15) is 11.6 Å². The zero-order valence-electron chi connectivity index (χ0n) is 11.0. The molecule has 21 heavy (non-hydrogen) atoms. The molecule has 1 amide bonds. The summed E-state index contributed by atoms with van der Waals surface area (Å²) in [5.74, 6) is -1.73. The molecule has 0 unspecified atom stereocenters. The molecule has 0 saturated carbocycles. The summed E-state index contributed by atoms with van der Waals surface area (Å²) in [4.78, 5) is 22.3.